The minimum Gasteiger partial charge on any atom is -0.322 e. The average molecular weight is 421 g/mol. The number of anilines is 1. The zero-order chi connectivity index (χ0) is 21.8. The molecule has 3 aromatic carbocycles. The van der Waals surface area contributed by atoms with E-state index in [1.165, 1.54) is 18.2 Å². The highest BCUT2D eigenvalue weighted by Gasteiger charge is 2.28. The van der Waals surface area contributed by atoms with Crippen LogP contribution in [0.3, 0.4) is 0 Å². The van der Waals surface area contributed by atoms with Gasteiger partial charge in [-0.3, -0.25) is 4.90 Å². The van der Waals surface area contributed by atoms with Gasteiger partial charge in [-0.1, -0.05) is 48.5 Å². The maximum Gasteiger partial charge on any atom is 0.321 e. The topological polar surface area (TPSA) is 35.6 Å². The van der Waals surface area contributed by atoms with Crippen molar-refractivity contribution in [2.45, 2.75) is 13.0 Å². The van der Waals surface area contributed by atoms with Crippen molar-refractivity contribution >= 4 is 11.7 Å². The van der Waals surface area contributed by atoms with Gasteiger partial charge in [-0.25, -0.2) is 13.6 Å². The summed E-state index contributed by atoms with van der Waals surface area (Å²) in [6, 6.07) is 21.1. The molecule has 4 nitrogen and oxygen atoms in total. The van der Waals surface area contributed by atoms with Gasteiger partial charge in [0.1, 0.15) is 11.6 Å². The molecule has 1 fully saturated rings. The van der Waals surface area contributed by atoms with Crippen LogP contribution in [0.1, 0.15) is 22.7 Å². The highest BCUT2D eigenvalue weighted by molar-refractivity contribution is 5.89. The van der Waals surface area contributed by atoms with Crippen molar-refractivity contribution in [3.05, 3.63) is 101 Å². The van der Waals surface area contributed by atoms with Gasteiger partial charge in [0.2, 0.25) is 0 Å². The Hall–Kier alpha value is -3.25. The van der Waals surface area contributed by atoms with Gasteiger partial charge >= 0.3 is 6.03 Å². The van der Waals surface area contributed by atoms with Gasteiger partial charge in [0, 0.05) is 31.9 Å². The van der Waals surface area contributed by atoms with Gasteiger partial charge in [0.15, 0.2) is 0 Å². The van der Waals surface area contributed by atoms with Crippen molar-refractivity contribution in [2.75, 3.05) is 31.5 Å². The quantitative estimate of drug-likeness (QED) is 0.628. The molecule has 1 aliphatic heterocycles. The second-order valence-electron chi connectivity index (χ2n) is 7.78. The number of aryl methyl sites for hydroxylation is 1. The van der Waals surface area contributed by atoms with Gasteiger partial charge in [-0.2, -0.15) is 0 Å². The fourth-order valence-electron chi connectivity index (χ4n) is 3.95. The largest absolute Gasteiger partial charge is 0.322 e. The van der Waals surface area contributed by atoms with Crippen LogP contribution in [0.5, 0.6) is 0 Å². The van der Waals surface area contributed by atoms with Crippen molar-refractivity contribution in [1.29, 1.82) is 0 Å². The van der Waals surface area contributed by atoms with Crippen LogP contribution in [0.4, 0.5) is 19.3 Å². The van der Waals surface area contributed by atoms with E-state index < -0.39 is 0 Å². The van der Waals surface area contributed by atoms with Crippen molar-refractivity contribution in [1.82, 2.24) is 9.80 Å². The third kappa shape index (κ3) is 4.91. The number of halogens is 2. The molecular weight excluding hydrogens is 396 g/mol. The second kappa shape index (κ2) is 9.27. The summed E-state index contributed by atoms with van der Waals surface area (Å²) >= 11 is 0. The van der Waals surface area contributed by atoms with E-state index in [0.29, 0.717) is 37.4 Å². The first kappa shape index (κ1) is 21.0. The van der Waals surface area contributed by atoms with E-state index >= 15 is 0 Å². The van der Waals surface area contributed by atoms with Crippen LogP contribution < -0.4 is 5.32 Å². The summed E-state index contributed by atoms with van der Waals surface area (Å²) in [5.41, 5.74) is 3.13. The fourth-order valence-corrected chi connectivity index (χ4v) is 3.95. The lowest BCUT2D eigenvalue weighted by molar-refractivity contribution is 0.126. The number of rotatable bonds is 4. The van der Waals surface area contributed by atoms with E-state index in [4.69, 9.17) is 0 Å². The lowest BCUT2D eigenvalue weighted by Gasteiger charge is -2.39. The molecule has 3 aromatic rings. The zero-order valence-corrected chi connectivity index (χ0v) is 17.4. The number of hydrogen-bond donors (Lipinski definition) is 1. The van der Waals surface area contributed by atoms with Gasteiger partial charge in [0.25, 0.3) is 0 Å². The van der Waals surface area contributed by atoms with Gasteiger partial charge in [-0.15, -0.1) is 0 Å². The second-order valence-corrected chi connectivity index (χ2v) is 7.78. The molecule has 0 spiro atoms. The molecule has 0 unspecified atom stereocenters. The van der Waals surface area contributed by atoms with Crippen LogP contribution in [0.25, 0.3) is 0 Å². The van der Waals surface area contributed by atoms with E-state index in [1.54, 1.807) is 24.0 Å². The SMILES string of the molecule is Cc1ccc(NC(=O)N2CCN([C@H](c3ccccc3)c3ccc(F)cc3)CC2)cc1F. The number of carbonyl (C=O) groups excluding carboxylic acids is 1. The molecule has 31 heavy (non-hydrogen) atoms. The predicted octanol–water partition coefficient (Wildman–Crippen LogP) is 5.21. The highest BCUT2D eigenvalue weighted by atomic mass is 19.1. The molecule has 2 amide bonds. The van der Waals surface area contributed by atoms with Crippen molar-refractivity contribution in [3.63, 3.8) is 0 Å². The number of benzene rings is 3. The third-order valence-corrected chi connectivity index (χ3v) is 5.69. The van der Waals surface area contributed by atoms with Crippen LogP contribution in [0, 0.1) is 18.6 Å². The Kier molecular flexibility index (Phi) is 6.28. The Bertz CT molecular complexity index is 1030. The average Bonchev–Trinajstić information content (AvgIpc) is 2.79. The first-order valence-corrected chi connectivity index (χ1v) is 10.4. The van der Waals surface area contributed by atoms with Crippen LogP contribution in [0.2, 0.25) is 0 Å². The Labute approximate surface area is 181 Å². The molecule has 160 valence electrons. The van der Waals surface area contributed by atoms with Crippen LogP contribution >= 0.6 is 0 Å². The summed E-state index contributed by atoms with van der Waals surface area (Å²) in [4.78, 5) is 16.7. The predicted molar refractivity (Wildman–Crippen MR) is 118 cm³/mol. The Balaban J connectivity index is 1.45. The van der Waals surface area contributed by atoms with E-state index in [9.17, 15) is 13.6 Å². The number of nitrogens with one attached hydrogen (secondary N) is 1. The molecule has 1 N–H and O–H groups in total. The number of hydrogen-bond acceptors (Lipinski definition) is 2. The summed E-state index contributed by atoms with van der Waals surface area (Å²) in [5, 5.41) is 2.78. The smallest absolute Gasteiger partial charge is 0.321 e. The Morgan fingerprint density at radius 3 is 2.16 bits per heavy atom. The summed E-state index contributed by atoms with van der Waals surface area (Å²) in [5.74, 6) is -0.600. The lowest BCUT2D eigenvalue weighted by Crippen LogP contribution is -2.51. The Morgan fingerprint density at radius 1 is 0.871 bits per heavy atom. The summed E-state index contributed by atoms with van der Waals surface area (Å²) in [7, 11) is 0. The zero-order valence-electron chi connectivity index (χ0n) is 17.4. The van der Waals surface area contributed by atoms with Gasteiger partial charge in [0.05, 0.1) is 6.04 Å². The molecule has 0 aromatic heterocycles. The fraction of sp³-hybridized carbons (Fsp3) is 0.240. The molecule has 0 bridgehead atoms. The van der Waals surface area contributed by atoms with E-state index in [0.717, 1.165) is 11.1 Å². The van der Waals surface area contributed by atoms with Crippen LogP contribution in [-0.4, -0.2) is 42.0 Å². The summed E-state index contributed by atoms with van der Waals surface area (Å²) in [6.07, 6.45) is 0. The molecule has 1 saturated heterocycles. The monoisotopic (exact) mass is 421 g/mol. The molecule has 0 saturated carbocycles. The number of piperazine rings is 1. The molecule has 0 radical (unpaired) electrons. The molecule has 0 aliphatic carbocycles. The molecule has 1 aliphatic rings. The van der Waals surface area contributed by atoms with Gasteiger partial charge in [-0.05, 0) is 47.9 Å². The van der Waals surface area contributed by atoms with E-state index in [1.807, 2.05) is 30.3 Å². The Morgan fingerprint density at radius 2 is 1.52 bits per heavy atom. The first-order valence-electron chi connectivity index (χ1n) is 10.4. The number of amides is 2. The summed E-state index contributed by atoms with van der Waals surface area (Å²) in [6.45, 7) is 4.12. The minimum absolute atomic E-state index is 0.0156. The summed E-state index contributed by atoms with van der Waals surface area (Å²) < 4.78 is 27.2. The molecule has 6 heteroatoms. The van der Waals surface area contributed by atoms with Crippen molar-refractivity contribution in [3.8, 4) is 0 Å². The number of nitrogens with zero attached hydrogens (tertiary/aromatic N) is 2. The maximum atomic E-state index is 13.8. The van der Waals surface area contributed by atoms with E-state index in [2.05, 4.69) is 22.3 Å². The minimum atomic E-state index is -0.340. The van der Waals surface area contributed by atoms with Crippen LogP contribution in [-0.2, 0) is 0 Å². The standard InChI is InChI=1S/C25H25F2N3O/c1-18-7-12-22(17-23(18)27)28-25(31)30-15-13-29(14-16-30)24(19-5-3-2-4-6-19)20-8-10-21(26)11-9-20/h2-12,17,24H,13-16H2,1H3,(H,28,31)/t24-/m1/s1. The van der Waals surface area contributed by atoms with Gasteiger partial charge < -0.3 is 10.2 Å². The molecule has 4 rings (SSSR count). The van der Waals surface area contributed by atoms with Crippen molar-refractivity contribution < 1.29 is 13.6 Å². The molecular formula is C25H25F2N3O. The third-order valence-electron chi connectivity index (χ3n) is 5.69. The van der Waals surface area contributed by atoms with E-state index in [-0.39, 0.29) is 23.7 Å². The molecule has 1 atom stereocenters. The van der Waals surface area contributed by atoms with Crippen LogP contribution in [0.15, 0.2) is 72.8 Å². The first-order chi connectivity index (χ1) is 15.0. The number of carbonyl (C=O) groups is 1. The lowest BCUT2D eigenvalue weighted by atomic mass is 9.96. The van der Waals surface area contributed by atoms with Crippen molar-refractivity contribution in [2.24, 2.45) is 0 Å². The highest BCUT2D eigenvalue weighted by Crippen LogP contribution is 2.30. The molecule has 1 heterocycles. The number of urea groups is 1. The maximum absolute atomic E-state index is 13.8. The normalized spacial score (nSPS) is 15.5.